The zero-order valence-corrected chi connectivity index (χ0v) is 9.00. The zero-order valence-electron chi connectivity index (χ0n) is 9.00. The van der Waals surface area contributed by atoms with Crippen molar-refractivity contribution in [2.75, 3.05) is 26.7 Å². The Morgan fingerprint density at radius 3 is 2.31 bits per heavy atom. The van der Waals surface area contributed by atoms with Gasteiger partial charge in [0.1, 0.15) is 0 Å². The summed E-state index contributed by atoms with van der Waals surface area (Å²) in [4.78, 5) is 5.27. The number of likely N-dealkylation sites (tertiary alicyclic amines) is 1. The smallest absolute Gasteiger partial charge is 0.0224 e. The highest BCUT2D eigenvalue weighted by Crippen LogP contribution is 2.28. The molecular weight excluding hydrogens is 160 g/mol. The fourth-order valence-electron chi connectivity index (χ4n) is 2.77. The van der Waals surface area contributed by atoms with Gasteiger partial charge in [-0.1, -0.05) is 13.3 Å². The van der Waals surface area contributed by atoms with Gasteiger partial charge in [-0.3, -0.25) is 4.90 Å². The van der Waals surface area contributed by atoms with Gasteiger partial charge < -0.3 is 4.90 Å². The predicted octanol–water partition coefficient (Wildman–Crippen LogP) is 1.56. The molecule has 13 heavy (non-hydrogen) atoms. The monoisotopic (exact) mass is 182 g/mol. The lowest BCUT2D eigenvalue weighted by atomic mass is 10.2. The van der Waals surface area contributed by atoms with Crippen LogP contribution < -0.4 is 0 Å². The Morgan fingerprint density at radius 1 is 1.15 bits per heavy atom. The van der Waals surface area contributed by atoms with Crippen LogP contribution in [-0.4, -0.2) is 48.6 Å². The fraction of sp³-hybridized carbons (Fsp3) is 1.00. The van der Waals surface area contributed by atoms with Crippen molar-refractivity contribution in [2.24, 2.45) is 0 Å². The number of hydrogen-bond donors (Lipinski definition) is 0. The zero-order chi connectivity index (χ0) is 9.26. The molecule has 0 saturated carbocycles. The number of fused-ring (bicyclic) bond motifs is 2. The van der Waals surface area contributed by atoms with Gasteiger partial charge in [-0.15, -0.1) is 0 Å². The lowest BCUT2D eigenvalue weighted by molar-refractivity contribution is 0.0878. The standard InChI is InChI=1S/C11H22N2/c1-3-4-7-13-8-10-5-6-11(9-13)12(10)2/h10-11H,3-9H2,1-2H3. The molecule has 2 unspecified atom stereocenters. The van der Waals surface area contributed by atoms with Crippen LogP contribution in [0.1, 0.15) is 32.6 Å². The van der Waals surface area contributed by atoms with Gasteiger partial charge in [0.25, 0.3) is 0 Å². The van der Waals surface area contributed by atoms with E-state index in [4.69, 9.17) is 0 Å². The Labute approximate surface area is 81.9 Å². The maximum absolute atomic E-state index is 2.67. The molecule has 2 saturated heterocycles. The first kappa shape index (κ1) is 9.47. The highest BCUT2D eigenvalue weighted by atomic mass is 15.3. The van der Waals surface area contributed by atoms with E-state index >= 15 is 0 Å². The Hall–Kier alpha value is -0.0800. The van der Waals surface area contributed by atoms with Crippen LogP contribution in [0.3, 0.4) is 0 Å². The van der Waals surface area contributed by atoms with Crippen molar-refractivity contribution in [3.05, 3.63) is 0 Å². The van der Waals surface area contributed by atoms with Crippen LogP contribution in [0, 0.1) is 0 Å². The molecule has 0 amide bonds. The summed E-state index contributed by atoms with van der Waals surface area (Å²) in [6.45, 7) is 6.27. The largest absolute Gasteiger partial charge is 0.300 e. The van der Waals surface area contributed by atoms with Crippen molar-refractivity contribution in [1.82, 2.24) is 9.80 Å². The minimum absolute atomic E-state index is 0.871. The molecule has 0 aromatic carbocycles. The number of nitrogens with zero attached hydrogens (tertiary/aromatic N) is 2. The highest BCUT2D eigenvalue weighted by Gasteiger charge is 2.36. The van der Waals surface area contributed by atoms with Gasteiger partial charge in [0, 0.05) is 25.2 Å². The first-order valence-corrected chi connectivity index (χ1v) is 5.75. The summed E-state index contributed by atoms with van der Waals surface area (Å²) in [6, 6.07) is 1.74. The molecule has 2 heterocycles. The summed E-state index contributed by atoms with van der Waals surface area (Å²) in [5.41, 5.74) is 0. The second-order valence-corrected chi connectivity index (χ2v) is 4.66. The lowest BCUT2D eigenvalue weighted by Gasteiger charge is -2.38. The number of rotatable bonds is 3. The Balaban J connectivity index is 1.84. The average Bonchev–Trinajstić information content (AvgIpc) is 2.41. The van der Waals surface area contributed by atoms with Crippen LogP contribution in [0.5, 0.6) is 0 Å². The summed E-state index contributed by atoms with van der Waals surface area (Å²) in [5.74, 6) is 0. The first-order valence-electron chi connectivity index (χ1n) is 5.75. The molecule has 2 rings (SSSR count). The van der Waals surface area contributed by atoms with Gasteiger partial charge in [0.05, 0.1) is 0 Å². The second-order valence-electron chi connectivity index (χ2n) is 4.66. The summed E-state index contributed by atoms with van der Waals surface area (Å²) in [6.07, 6.45) is 5.58. The first-order chi connectivity index (χ1) is 6.31. The molecule has 2 aliphatic rings. The molecule has 0 aliphatic carbocycles. The summed E-state index contributed by atoms with van der Waals surface area (Å²) in [5, 5.41) is 0. The van der Waals surface area contributed by atoms with E-state index < -0.39 is 0 Å². The normalized spacial score (nSPS) is 35.5. The maximum atomic E-state index is 2.67. The van der Waals surface area contributed by atoms with Crippen LogP contribution in [0.2, 0.25) is 0 Å². The van der Waals surface area contributed by atoms with Gasteiger partial charge in [-0.25, -0.2) is 0 Å². The fourth-order valence-corrected chi connectivity index (χ4v) is 2.77. The minimum Gasteiger partial charge on any atom is -0.300 e. The average molecular weight is 182 g/mol. The van der Waals surface area contributed by atoms with Crippen LogP contribution in [0.15, 0.2) is 0 Å². The van der Waals surface area contributed by atoms with Crippen molar-refractivity contribution in [3.63, 3.8) is 0 Å². The summed E-state index contributed by atoms with van der Waals surface area (Å²) >= 11 is 0. The predicted molar refractivity (Wildman–Crippen MR) is 55.9 cm³/mol. The molecule has 0 aromatic rings. The molecular formula is C11H22N2. The van der Waals surface area contributed by atoms with Gasteiger partial charge in [0.2, 0.25) is 0 Å². The molecule has 2 atom stereocenters. The number of unbranched alkanes of at least 4 members (excludes halogenated alkanes) is 1. The molecule has 0 radical (unpaired) electrons. The third-order valence-corrected chi connectivity index (χ3v) is 3.75. The highest BCUT2D eigenvalue weighted by molar-refractivity contribution is 4.93. The molecule has 76 valence electrons. The second kappa shape index (κ2) is 3.97. The lowest BCUT2D eigenvalue weighted by Crippen LogP contribution is -2.51. The Kier molecular flexibility index (Phi) is 2.89. The molecule has 2 heteroatoms. The van der Waals surface area contributed by atoms with E-state index in [-0.39, 0.29) is 0 Å². The quantitative estimate of drug-likeness (QED) is 0.653. The van der Waals surface area contributed by atoms with Crippen molar-refractivity contribution in [3.8, 4) is 0 Å². The topological polar surface area (TPSA) is 6.48 Å². The van der Waals surface area contributed by atoms with Crippen molar-refractivity contribution in [2.45, 2.75) is 44.7 Å². The molecule has 2 fully saturated rings. The Morgan fingerprint density at radius 2 is 1.77 bits per heavy atom. The van der Waals surface area contributed by atoms with Gasteiger partial charge in [-0.05, 0) is 32.9 Å². The van der Waals surface area contributed by atoms with Crippen LogP contribution >= 0.6 is 0 Å². The van der Waals surface area contributed by atoms with E-state index in [1.165, 1.54) is 45.3 Å². The van der Waals surface area contributed by atoms with Crippen molar-refractivity contribution < 1.29 is 0 Å². The van der Waals surface area contributed by atoms with Crippen molar-refractivity contribution in [1.29, 1.82) is 0 Å². The Bertz CT molecular complexity index is 155. The summed E-state index contributed by atoms with van der Waals surface area (Å²) < 4.78 is 0. The molecule has 2 aliphatic heterocycles. The van der Waals surface area contributed by atoms with Crippen LogP contribution in [0.4, 0.5) is 0 Å². The molecule has 0 N–H and O–H groups in total. The van der Waals surface area contributed by atoms with E-state index in [2.05, 4.69) is 23.8 Å². The SMILES string of the molecule is CCCCN1CC2CCC(C1)N2C. The van der Waals surface area contributed by atoms with Gasteiger partial charge in [-0.2, -0.15) is 0 Å². The number of piperazine rings is 1. The van der Waals surface area contributed by atoms with Crippen LogP contribution in [-0.2, 0) is 0 Å². The molecule has 0 spiro atoms. The van der Waals surface area contributed by atoms with Gasteiger partial charge in [0.15, 0.2) is 0 Å². The van der Waals surface area contributed by atoms with E-state index in [0.717, 1.165) is 12.1 Å². The number of likely N-dealkylation sites (N-methyl/N-ethyl adjacent to an activating group) is 1. The maximum Gasteiger partial charge on any atom is 0.0224 e. The molecule has 2 bridgehead atoms. The van der Waals surface area contributed by atoms with E-state index in [1.807, 2.05) is 0 Å². The summed E-state index contributed by atoms with van der Waals surface area (Å²) in [7, 11) is 2.31. The molecule has 2 nitrogen and oxygen atoms in total. The van der Waals surface area contributed by atoms with Crippen LogP contribution in [0.25, 0.3) is 0 Å². The van der Waals surface area contributed by atoms with E-state index in [1.54, 1.807) is 0 Å². The van der Waals surface area contributed by atoms with E-state index in [9.17, 15) is 0 Å². The third kappa shape index (κ3) is 1.89. The number of hydrogen-bond acceptors (Lipinski definition) is 2. The minimum atomic E-state index is 0.871. The molecule has 0 aromatic heterocycles. The van der Waals surface area contributed by atoms with Crippen molar-refractivity contribution >= 4 is 0 Å². The van der Waals surface area contributed by atoms with E-state index in [0.29, 0.717) is 0 Å². The third-order valence-electron chi connectivity index (χ3n) is 3.75. The van der Waals surface area contributed by atoms with Gasteiger partial charge >= 0.3 is 0 Å².